The zero-order chi connectivity index (χ0) is 12.8. The molecule has 0 aliphatic carbocycles. The predicted molar refractivity (Wildman–Crippen MR) is 68.4 cm³/mol. The zero-order valence-corrected chi connectivity index (χ0v) is 10.2. The predicted octanol–water partition coefficient (Wildman–Crippen LogP) is 1.88. The zero-order valence-electron chi connectivity index (χ0n) is 10.2. The van der Waals surface area contributed by atoms with Crippen LogP contribution in [0.25, 0.3) is 11.2 Å². The average molecular weight is 244 g/mol. The fraction of sp³-hybridized carbons (Fsp3) is 0.500. The maximum Gasteiger partial charge on any atom is 0.165 e. The van der Waals surface area contributed by atoms with E-state index in [-0.39, 0.29) is 0 Å². The van der Waals surface area contributed by atoms with Crippen LogP contribution in [0.2, 0.25) is 0 Å². The van der Waals surface area contributed by atoms with Crippen molar-refractivity contribution in [1.82, 2.24) is 19.5 Å². The molecular formula is C12H16N6. The van der Waals surface area contributed by atoms with Gasteiger partial charge in [0.25, 0.3) is 0 Å². The standard InChI is InChI=1S/C12H16N6/c13-6-4-2-1-3-5-7-18-9-17-10-11(14)15-8-16-12(10)18/h8-9H,1-5,7H2,(H2,14,15,16). The van der Waals surface area contributed by atoms with Gasteiger partial charge in [-0.2, -0.15) is 5.26 Å². The minimum atomic E-state index is 0.424. The summed E-state index contributed by atoms with van der Waals surface area (Å²) in [7, 11) is 0. The number of hydrogen-bond donors (Lipinski definition) is 1. The van der Waals surface area contributed by atoms with Gasteiger partial charge in [0.1, 0.15) is 11.8 Å². The summed E-state index contributed by atoms with van der Waals surface area (Å²) in [4.78, 5) is 12.3. The molecule has 6 heteroatoms. The lowest BCUT2D eigenvalue weighted by Gasteiger charge is -2.03. The Morgan fingerprint density at radius 2 is 2.00 bits per heavy atom. The summed E-state index contributed by atoms with van der Waals surface area (Å²) >= 11 is 0. The Morgan fingerprint density at radius 1 is 1.17 bits per heavy atom. The monoisotopic (exact) mass is 244 g/mol. The van der Waals surface area contributed by atoms with Gasteiger partial charge in [-0.15, -0.1) is 0 Å². The Morgan fingerprint density at radius 3 is 2.83 bits per heavy atom. The van der Waals surface area contributed by atoms with E-state index in [1.54, 1.807) is 6.33 Å². The van der Waals surface area contributed by atoms with Crippen molar-refractivity contribution in [3.8, 4) is 6.07 Å². The number of nitriles is 1. The van der Waals surface area contributed by atoms with Gasteiger partial charge in [0.15, 0.2) is 11.5 Å². The summed E-state index contributed by atoms with van der Waals surface area (Å²) in [6, 6.07) is 2.16. The number of hydrogen-bond acceptors (Lipinski definition) is 5. The largest absolute Gasteiger partial charge is 0.382 e. The van der Waals surface area contributed by atoms with Crippen LogP contribution in [-0.4, -0.2) is 19.5 Å². The van der Waals surface area contributed by atoms with Crippen LogP contribution in [-0.2, 0) is 6.54 Å². The van der Waals surface area contributed by atoms with E-state index in [9.17, 15) is 0 Å². The van der Waals surface area contributed by atoms with Crippen LogP contribution in [0.5, 0.6) is 0 Å². The van der Waals surface area contributed by atoms with Gasteiger partial charge in [-0.25, -0.2) is 15.0 Å². The highest BCUT2D eigenvalue weighted by molar-refractivity contribution is 5.80. The Balaban J connectivity index is 1.89. The SMILES string of the molecule is N#CCCCCCCn1cnc2c(N)ncnc21. The van der Waals surface area contributed by atoms with Gasteiger partial charge >= 0.3 is 0 Å². The molecule has 0 saturated carbocycles. The van der Waals surface area contributed by atoms with Gasteiger partial charge in [0, 0.05) is 13.0 Å². The molecule has 0 fully saturated rings. The molecule has 6 nitrogen and oxygen atoms in total. The number of imidazole rings is 1. The summed E-state index contributed by atoms with van der Waals surface area (Å²) < 4.78 is 2.00. The van der Waals surface area contributed by atoms with Gasteiger partial charge in [-0.3, -0.25) is 0 Å². The van der Waals surface area contributed by atoms with Crippen molar-refractivity contribution < 1.29 is 0 Å². The number of anilines is 1. The number of fused-ring (bicyclic) bond motifs is 1. The summed E-state index contributed by atoms with van der Waals surface area (Å²) in [6.07, 6.45) is 8.11. The number of nitrogen functional groups attached to an aromatic ring is 1. The maximum absolute atomic E-state index is 8.43. The van der Waals surface area contributed by atoms with Crippen LogP contribution < -0.4 is 5.73 Å². The highest BCUT2D eigenvalue weighted by Crippen LogP contribution is 2.15. The van der Waals surface area contributed by atoms with E-state index in [4.69, 9.17) is 11.0 Å². The van der Waals surface area contributed by atoms with Crippen LogP contribution in [0, 0.1) is 11.3 Å². The van der Waals surface area contributed by atoms with Crippen LogP contribution in [0.15, 0.2) is 12.7 Å². The minimum absolute atomic E-state index is 0.424. The number of nitrogens with zero attached hydrogens (tertiary/aromatic N) is 5. The molecule has 0 atom stereocenters. The summed E-state index contributed by atoms with van der Waals surface area (Å²) in [5.41, 5.74) is 7.18. The lowest BCUT2D eigenvalue weighted by Crippen LogP contribution is -1.99. The van der Waals surface area contributed by atoms with Crippen molar-refractivity contribution >= 4 is 17.0 Å². The van der Waals surface area contributed by atoms with Crippen molar-refractivity contribution in [3.05, 3.63) is 12.7 Å². The molecule has 0 aliphatic rings. The Kier molecular flexibility index (Phi) is 4.07. The van der Waals surface area contributed by atoms with Crippen molar-refractivity contribution in [1.29, 1.82) is 5.26 Å². The molecule has 0 aliphatic heterocycles. The van der Waals surface area contributed by atoms with Gasteiger partial charge in [-0.05, 0) is 12.8 Å². The van der Waals surface area contributed by atoms with Crippen molar-refractivity contribution in [2.24, 2.45) is 0 Å². The maximum atomic E-state index is 8.43. The Hall–Kier alpha value is -2.16. The van der Waals surface area contributed by atoms with Crippen molar-refractivity contribution in [3.63, 3.8) is 0 Å². The molecule has 2 aromatic rings. The van der Waals surface area contributed by atoms with E-state index in [2.05, 4.69) is 21.0 Å². The molecule has 2 rings (SSSR count). The van der Waals surface area contributed by atoms with E-state index < -0.39 is 0 Å². The second-order valence-corrected chi connectivity index (χ2v) is 4.19. The first-order valence-corrected chi connectivity index (χ1v) is 6.11. The molecule has 94 valence electrons. The Labute approximate surface area is 105 Å². The van der Waals surface area contributed by atoms with Gasteiger partial charge in [0.2, 0.25) is 0 Å². The first-order valence-electron chi connectivity index (χ1n) is 6.11. The smallest absolute Gasteiger partial charge is 0.165 e. The van der Waals surface area contributed by atoms with Crippen LogP contribution >= 0.6 is 0 Å². The molecule has 2 aromatic heterocycles. The molecule has 2 N–H and O–H groups in total. The molecular weight excluding hydrogens is 228 g/mol. The molecule has 2 heterocycles. The number of nitrogens with two attached hydrogens (primary N) is 1. The van der Waals surface area contributed by atoms with E-state index >= 15 is 0 Å². The fourth-order valence-electron chi connectivity index (χ4n) is 1.90. The molecule has 0 spiro atoms. The topological polar surface area (TPSA) is 93.4 Å². The minimum Gasteiger partial charge on any atom is -0.382 e. The molecule has 18 heavy (non-hydrogen) atoms. The van der Waals surface area contributed by atoms with Gasteiger partial charge in [0.05, 0.1) is 12.4 Å². The van der Waals surface area contributed by atoms with Crippen LogP contribution in [0.3, 0.4) is 0 Å². The van der Waals surface area contributed by atoms with E-state index in [0.29, 0.717) is 17.8 Å². The molecule has 0 unspecified atom stereocenters. The first kappa shape index (κ1) is 12.3. The van der Waals surface area contributed by atoms with Crippen LogP contribution in [0.4, 0.5) is 5.82 Å². The molecule has 0 bridgehead atoms. The van der Waals surface area contributed by atoms with E-state index in [0.717, 1.165) is 37.9 Å². The quantitative estimate of drug-likeness (QED) is 0.783. The molecule has 0 radical (unpaired) electrons. The second kappa shape index (κ2) is 5.96. The summed E-state index contributed by atoms with van der Waals surface area (Å²) in [5.74, 6) is 0.424. The summed E-state index contributed by atoms with van der Waals surface area (Å²) in [5, 5.41) is 8.43. The summed E-state index contributed by atoms with van der Waals surface area (Å²) in [6.45, 7) is 0.875. The molecule has 0 saturated heterocycles. The fourth-order valence-corrected chi connectivity index (χ4v) is 1.90. The number of unbranched alkanes of at least 4 members (excludes halogenated alkanes) is 4. The normalized spacial score (nSPS) is 10.6. The van der Waals surface area contributed by atoms with E-state index in [1.165, 1.54) is 6.33 Å². The number of aryl methyl sites for hydroxylation is 1. The number of rotatable bonds is 6. The lowest BCUT2D eigenvalue weighted by molar-refractivity contribution is 0.581. The first-order chi connectivity index (χ1) is 8.83. The van der Waals surface area contributed by atoms with Gasteiger partial charge < -0.3 is 10.3 Å². The highest BCUT2D eigenvalue weighted by Gasteiger charge is 2.06. The second-order valence-electron chi connectivity index (χ2n) is 4.19. The van der Waals surface area contributed by atoms with Gasteiger partial charge in [-0.1, -0.05) is 12.8 Å². The third-order valence-electron chi connectivity index (χ3n) is 2.87. The van der Waals surface area contributed by atoms with Crippen molar-refractivity contribution in [2.75, 3.05) is 5.73 Å². The van der Waals surface area contributed by atoms with Crippen molar-refractivity contribution in [2.45, 2.75) is 38.6 Å². The lowest BCUT2D eigenvalue weighted by atomic mass is 10.1. The number of aromatic nitrogens is 4. The molecule has 0 aromatic carbocycles. The average Bonchev–Trinajstić information content (AvgIpc) is 2.79. The third kappa shape index (κ3) is 2.74. The van der Waals surface area contributed by atoms with Crippen LogP contribution in [0.1, 0.15) is 32.1 Å². The molecule has 0 amide bonds. The Bertz CT molecular complexity index is 553. The van der Waals surface area contributed by atoms with E-state index in [1.807, 2.05) is 4.57 Å². The third-order valence-corrected chi connectivity index (χ3v) is 2.87. The highest BCUT2D eigenvalue weighted by atomic mass is 15.1.